The number of rotatable bonds is 7. The van der Waals surface area contributed by atoms with E-state index in [1.165, 1.54) is 16.4 Å². The van der Waals surface area contributed by atoms with Gasteiger partial charge in [0.1, 0.15) is 0 Å². The number of benzene rings is 2. The number of aliphatic hydroxyl groups excluding tert-OH is 1. The average molecular weight is 619 g/mol. The number of halogens is 3. The molecule has 4 fully saturated rings. The summed E-state index contributed by atoms with van der Waals surface area (Å²) >= 11 is 6.25. The van der Waals surface area contributed by atoms with Crippen LogP contribution in [0.15, 0.2) is 41.3 Å². The first-order valence-electron chi connectivity index (χ1n) is 12.8. The molecule has 1 aliphatic heterocycles. The van der Waals surface area contributed by atoms with Crippen LogP contribution in [0.5, 0.6) is 0 Å². The van der Waals surface area contributed by atoms with Gasteiger partial charge in [0.25, 0.3) is 5.91 Å². The maximum Gasteiger partial charge on any atom is 0.255 e. The minimum Gasteiger partial charge on any atom is -0.389 e. The maximum absolute atomic E-state index is 13.7. The number of anilines is 1. The second-order valence-electron chi connectivity index (χ2n) is 10.9. The molecular formula is C26H29ClF2N2O7S2. The van der Waals surface area contributed by atoms with Gasteiger partial charge >= 0.3 is 0 Å². The zero-order valence-electron chi connectivity index (χ0n) is 21.4. The predicted molar refractivity (Wildman–Crippen MR) is 143 cm³/mol. The Bertz CT molecular complexity index is 1560. The topological polar surface area (TPSA) is 141 Å². The van der Waals surface area contributed by atoms with Crippen LogP contribution in [-0.4, -0.2) is 73.1 Å². The highest BCUT2D eigenvalue weighted by atomic mass is 35.5. The number of carbonyl (C=O) groups excluding carboxylic acids is 1. The summed E-state index contributed by atoms with van der Waals surface area (Å²) < 4.78 is 79.7. The number of carbonyl (C=O) groups is 1. The molecule has 1 saturated heterocycles. The van der Waals surface area contributed by atoms with E-state index in [0.29, 0.717) is 6.42 Å². The summed E-state index contributed by atoms with van der Waals surface area (Å²) in [6.45, 7) is 1.87. The zero-order chi connectivity index (χ0) is 29.2. The van der Waals surface area contributed by atoms with Gasteiger partial charge in [-0.15, -0.1) is 0 Å². The quantitative estimate of drug-likeness (QED) is 0.433. The lowest BCUT2D eigenvalue weighted by Gasteiger charge is -2.64. The summed E-state index contributed by atoms with van der Waals surface area (Å²) in [4.78, 5) is 12.5. The van der Waals surface area contributed by atoms with Crippen molar-refractivity contribution in [3.63, 3.8) is 0 Å². The van der Waals surface area contributed by atoms with Crippen LogP contribution in [0.25, 0.3) is 0 Å². The molecule has 3 saturated carbocycles. The lowest BCUT2D eigenvalue weighted by Crippen LogP contribution is -2.73. The standard InChI is InChI=1S/C26H29ClF2N2O7S2/c1-14-18-11-17(12-19(14)26(18,34)24(32)13-31-7-2-8-39(31,35)36)40(37,38)23-9-15(3-5-20(23)27)25(33)30-16-4-6-21(28)22(29)10-16/h3-6,9-10,14,17-19,24,32,34H,2,7-8,11-13H2,1H3,(H,30,33). The third-order valence-electron chi connectivity index (χ3n) is 8.72. The van der Waals surface area contributed by atoms with Crippen LogP contribution in [0.3, 0.4) is 0 Å². The van der Waals surface area contributed by atoms with Crippen molar-refractivity contribution in [1.29, 1.82) is 0 Å². The normalized spacial score (nSPS) is 30.4. The van der Waals surface area contributed by atoms with Gasteiger partial charge in [-0.25, -0.2) is 25.6 Å². The van der Waals surface area contributed by atoms with Crippen LogP contribution >= 0.6 is 11.6 Å². The van der Waals surface area contributed by atoms with Gasteiger partial charge in [-0.1, -0.05) is 18.5 Å². The molecule has 218 valence electrons. The van der Waals surface area contributed by atoms with Gasteiger partial charge in [-0.05, 0) is 67.3 Å². The highest BCUT2D eigenvalue weighted by Gasteiger charge is 2.67. The minimum atomic E-state index is -4.10. The molecule has 1 amide bonds. The summed E-state index contributed by atoms with van der Waals surface area (Å²) in [6, 6.07) is 6.49. The van der Waals surface area contributed by atoms with E-state index in [2.05, 4.69) is 5.32 Å². The molecule has 3 N–H and O–H groups in total. The predicted octanol–water partition coefficient (Wildman–Crippen LogP) is 2.82. The van der Waals surface area contributed by atoms with E-state index in [4.69, 9.17) is 11.6 Å². The SMILES string of the molecule is CC1C2CC(S(=O)(=O)c3cc(C(=O)Nc4ccc(F)c(F)c4)ccc3Cl)CC1C2(O)C(O)CN1CCCS1(=O)=O. The summed E-state index contributed by atoms with van der Waals surface area (Å²) in [5, 5.41) is 23.7. The van der Waals surface area contributed by atoms with Gasteiger partial charge in [0, 0.05) is 30.4 Å². The fraction of sp³-hybridized carbons (Fsp3) is 0.500. The van der Waals surface area contributed by atoms with Crippen molar-refractivity contribution in [3.05, 3.63) is 58.6 Å². The van der Waals surface area contributed by atoms with Crippen LogP contribution in [0.4, 0.5) is 14.5 Å². The maximum atomic E-state index is 13.7. The fourth-order valence-electron chi connectivity index (χ4n) is 6.55. The molecular weight excluding hydrogens is 590 g/mol. The third kappa shape index (κ3) is 4.84. The second kappa shape index (κ2) is 10.3. The second-order valence-corrected chi connectivity index (χ2v) is 15.6. The first-order valence-corrected chi connectivity index (χ1v) is 16.4. The molecule has 1 heterocycles. The molecule has 0 spiro atoms. The minimum absolute atomic E-state index is 0.0135. The fourth-order valence-corrected chi connectivity index (χ4v) is 10.4. The van der Waals surface area contributed by atoms with Crippen molar-refractivity contribution in [3.8, 4) is 0 Å². The number of sulfone groups is 1. The van der Waals surface area contributed by atoms with Crippen molar-refractivity contribution < 1.29 is 40.6 Å². The zero-order valence-corrected chi connectivity index (χ0v) is 23.8. The molecule has 2 aromatic rings. The molecule has 2 aromatic carbocycles. The smallest absolute Gasteiger partial charge is 0.255 e. The molecule has 14 heteroatoms. The van der Waals surface area contributed by atoms with E-state index in [9.17, 15) is 40.6 Å². The molecule has 9 nitrogen and oxygen atoms in total. The van der Waals surface area contributed by atoms with Crippen LogP contribution in [0, 0.1) is 29.4 Å². The highest BCUT2D eigenvalue weighted by molar-refractivity contribution is 7.92. The molecule has 40 heavy (non-hydrogen) atoms. The largest absolute Gasteiger partial charge is 0.389 e. The number of β-amino-alcohol motifs (C(OH)–C–C–N with tert-alkyl or cyclic N) is 1. The number of amides is 1. The number of aliphatic hydroxyl groups is 2. The average Bonchev–Trinajstić information content (AvgIpc) is 3.23. The Morgan fingerprint density at radius 1 is 1.18 bits per heavy atom. The number of fused-ring (bicyclic) bond motifs is 2. The summed E-state index contributed by atoms with van der Waals surface area (Å²) in [5.41, 5.74) is -1.72. The molecule has 3 unspecified atom stereocenters. The Morgan fingerprint density at radius 3 is 2.45 bits per heavy atom. The Balaban J connectivity index is 1.34. The van der Waals surface area contributed by atoms with Gasteiger partial charge in [0.2, 0.25) is 10.0 Å². The van der Waals surface area contributed by atoms with Gasteiger partial charge in [-0.3, -0.25) is 4.79 Å². The van der Waals surface area contributed by atoms with Crippen molar-refractivity contribution in [1.82, 2.24) is 4.31 Å². The Morgan fingerprint density at radius 2 is 1.85 bits per heavy atom. The van der Waals surface area contributed by atoms with Gasteiger partial charge in [0.15, 0.2) is 21.5 Å². The van der Waals surface area contributed by atoms with Crippen molar-refractivity contribution in [2.45, 2.75) is 48.0 Å². The molecule has 3 atom stereocenters. The van der Waals surface area contributed by atoms with Crippen molar-refractivity contribution in [2.75, 3.05) is 24.2 Å². The Hall–Kier alpha value is -2.16. The van der Waals surface area contributed by atoms with E-state index in [-0.39, 0.29) is 58.8 Å². The van der Waals surface area contributed by atoms with E-state index in [1.54, 1.807) is 0 Å². The number of sulfonamides is 1. The summed E-state index contributed by atoms with van der Waals surface area (Å²) in [5.74, 6) is -4.29. The van der Waals surface area contributed by atoms with Gasteiger partial charge < -0.3 is 15.5 Å². The number of hydrogen-bond acceptors (Lipinski definition) is 7. The van der Waals surface area contributed by atoms with E-state index in [0.717, 1.165) is 24.3 Å². The summed E-state index contributed by atoms with van der Waals surface area (Å²) in [6.07, 6.45) is -0.901. The third-order valence-corrected chi connectivity index (χ3v) is 13.3. The number of nitrogens with zero attached hydrogens (tertiary/aromatic N) is 1. The van der Waals surface area contributed by atoms with Gasteiger partial charge in [0.05, 0.1) is 32.6 Å². The lowest BCUT2D eigenvalue weighted by molar-refractivity contribution is -0.263. The molecule has 4 aliphatic rings. The Kier molecular flexibility index (Phi) is 7.54. The van der Waals surface area contributed by atoms with Crippen LogP contribution in [0.2, 0.25) is 5.02 Å². The Labute approximate surface area is 236 Å². The van der Waals surface area contributed by atoms with Crippen LogP contribution in [-0.2, 0) is 19.9 Å². The monoisotopic (exact) mass is 618 g/mol. The van der Waals surface area contributed by atoms with Crippen LogP contribution in [0.1, 0.15) is 36.5 Å². The molecule has 6 rings (SSSR count). The first kappa shape index (κ1) is 29.3. The highest BCUT2D eigenvalue weighted by Crippen LogP contribution is 2.60. The van der Waals surface area contributed by atoms with Crippen LogP contribution < -0.4 is 5.32 Å². The molecule has 0 radical (unpaired) electrons. The number of nitrogens with one attached hydrogen (secondary N) is 1. The van der Waals surface area contributed by atoms with E-state index < -0.39 is 66.2 Å². The molecule has 0 aromatic heterocycles. The first-order chi connectivity index (χ1) is 18.7. The molecule has 2 bridgehead atoms. The van der Waals surface area contributed by atoms with Gasteiger partial charge in [-0.2, -0.15) is 4.31 Å². The lowest BCUT2D eigenvalue weighted by atomic mass is 9.46. The summed E-state index contributed by atoms with van der Waals surface area (Å²) in [7, 11) is -7.59. The number of hydrogen-bond donors (Lipinski definition) is 3. The van der Waals surface area contributed by atoms with Crippen molar-refractivity contribution in [2.24, 2.45) is 17.8 Å². The van der Waals surface area contributed by atoms with E-state index in [1.807, 2.05) is 6.92 Å². The van der Waals surface area contributed by atoms with E-state index >= 15 is 0 Å². The molecule has 3 aliphatic carbocycles. The van der Waals surface area contributed by atoms with Crippen molar-refractivity contribution >= 4 is 43.1 Å².